The van der Waals surface area contributed by atoms with Crippen molar-refractivity contribution >= 4 is 16.0 Å². The number of hydrogen-bond donors (Lipinski definition) is 1. The highest BCUT2D eigenvalue weighted by Crippen LogP contribution is 2.35. The van der Waals surface area contributed by atoms with Crippen LogP contribution in [0.15, 0.2) is 29.2 Å². The molecule has 0 amide bonds. The summed E-state index contributed by atoms with van der Waals surface area (Å²) in [6.07, 6.45) is 0.745. The molecule has 0 aromatic heterocycles. The summed E-state index contributed by atoms with van der Waals surface area (Å²) in [5.41, 5.74) is -0.579. The smallest absolute Gasteiger partial charge is 0.307 e. The Hall–Kier alpha value is -1.54. The van der Waals surface area contributed by atoms with E-state index in [1.165, 1.54) is 12.1 Å². The molecule has 1 aliphatic heterocycles. The Kier molecular flexibility index (Phi) is 4.77. The normalized spacial score (nSPS) is 23.7. The summed E-state index contributed by atoms with van der Waals surface area (Å²) in [7, 11) is -4.20. The zero-order valence-corrected chi connectivity index (χ0v) is 13.7. The quantitative estimate of drug-likeness (QED) is 0.909. The molecule has 0 bridgehead atoms. The molecule has 0 saturated carbocycles. The topological polar surface area (TPSA) is 74.7 Å². The van der Waals surface area contributed by atoms with E-state index in [2.05, 4.69) is 0 Å². The van der Waals surface area contributed by atoms with Crippen LogP contribution in [-0.2, 0) is 20.7 Å². The van der Waals surface area contributed by atoms with Gasteiger partial charge in [-0.2, -0.15) is 4.31 Å². The third-order valence-electron chi connectivity index (χ3n) is 4.12. The highest BCUT2D eigenvalue weighted by molar-refractivity contribution is 7.89. The minimum absolute atomic E-state index is 0.206. The summed E-state index contributed by atoms with van der Waals surface area (Å²) >= 11 is 0. The van der Waals surface area contributed by atoms with E-state index in [0.717, 1.165) is 16.4 Å². The molecule has 1 fully saturated rings. The third kappa shape index (κ3) is 3.53. The van der Waals surface area contributed by atoms with Crippen LogP contribution >= 0.6 is 0 Å². The summed E-state index contributed by atoms with van der Waals surface area (Å²) in [4.78, 5) is 10.7. The van der Waals surface area contributed by atoms with Gasteiger partial charge >= 0.3 is 5.97 Å². The molecule has 8 heteroatoms. The number of carbonyl (C=O) groups is 1. The second-order valence-corrected chi connectivity index (χ2v) is 7.78. The number of alkyl halides is 2. The van der Waals surface area contributed by atoms with Gasteiger partial charge in [0.1, 0.15) is 0 Å². The fraction of sp³-hybridized carbons (Fsp3) is 0.533. The molecule has 5 nitrogen and oxygen atoms in total. The van der Waals surface area contributed by atoms with Crippen LogP contribution in [0.2, 0.25) is 0 Å². The van der Waals surface area contributed by atoms with Gasteiger partial charge in [0.25, 0.3) is 5.92 Å². The number of carboxylic acid groups (broad SMARTS) is 1. The van der Waals surface area contributed by atoms with Gasteiger partial charge in [0.2, 0.25) is 10.0 Å². The maximum atomic E-state index is 13.7. The molecule has 0 radical (unpaired) electrons. The van der Waals surface area contributed by atoms with Crippen LogP contribution in [0.25, 0.3) is 0 Å². The molecule has 1 N–H and O–H groups in total. The summed E-state index contributed by atoms with van der Waals surface area (Å²) < 4.78 is 54.2. The number of hydrogen-bond acceptors (Lipinski definition) is 3. The van der Waals surface area contributed by atoms with Crippen LogP contribution in [0.1, 0.15) is 32.3 Å². The maximum Gasteiger partial charge on any atom is 0.307 e. The van der Waals surface area contributed by atoms with Gasteiger partial charge < -0.3 is 5.11 Å². The molecule has 0 aliphatic carbocycles. The predicted octanol–water partition coefficient (Wildman–Crippen LogP) is 2.67. The van der Waals surface area contributed by atoms with E-state index in [0.29, 0.717) is 19.8 Å². The second kappa shape index (κ2) is 6.16. The van der Waals surface area contributed by atoms with Crippen molar-refractivity contribution in [2.75, 3.05) is 6.54 Å². The Morgan fingerprint density at radius 1 is 1.30 bits per heavy atom. The lowest BCUT2D eigenvalue weighted by Gasteiger charge is -2.36. The highest BCUT2D eigenvalue weighted by Gasteiger charge is 2.40. The molecule has 1 aliphatic rings. The molecule has 23 heavy (non-hydrogen) atoms. The summed E-state index contributed by atoms with van der Waals surface area (Å²) in [6.45, 7) is 2.09. The SMILES string of the molecule is C[C@@H]1CC[C@H](C(=O)O)CN1S(=O)(=O)c1ccccc1C(C)(F)F. The lowest BCUT2D eigenvalue weighted by atomic mass is 9.96. The highest BCUT2D eigenvalue weighted by atomic mass is 32.2. The summed E-state index contributed by atoms with van der Waals surface area (Å²) in [5.74, 6) is -5.21. The molecule has 0 spiro atoms. The van der Waals surface area contributed by atoms with Gasteiger partial charge in [-0.25, -0.2) is 17.2 Å². The first kappa shape index (κ1) is 17.8. The van der Waals surface area contributed by atoms with Crippen LogP contribution in [-0.4, -0.2) is 36.4 Å². The Morgan fingerprint density at radius 2 is 1.91 bits per heavy atom. The maximum absolute atomic E-state index is 13.7. The van der Waals surface area contributed by atoms with Crippen molar-refractivity contribution in [1.82, 2.24) is 4.31 Å². The molecular weight excluding hydrogens is 328 g/mol. The predicted molar refractivity (Wildman–Crippen MR) is 79.7 cm³/mol. The number of benzene rings is 1. The van der Waals surface area contributed by atoms with Gasteiger partial charge in [0.05, 0.1) is 10.8 Å². The molecule has 1 heterocycles. The van der Waals surface area contributed by atoms with E-state index < -0.39 is 44.3 Å². The second-order valence-electron chi connectivity index (χ2n) is 5.92. The van der Waals surface area contributed by atoms with Gasteiger partial charge in [-0.05, 0) is 25.8 Å². The minimum Gasteiger partial charge on any atom is -0.481 e. The van der Waals surface area contributed by atoms with Crippen LogP contribution < -0.4 is 0 Å². The molecular formula is C15H19F2NO4S. The fourth-order valence-electron chi connectivity index (χ4n) is 2.79. The Labute approximate surface area is 134 Å². The average molecular weight is 347 g/mol. The summed E-state index contributed by atoms with van der Waals surface area (Å²) in [6, 6.07) is 4.51. The largest absolute Gasteiger partial charge is 0.481 e. The first-order chi connectivity index (χ1) is 10.5. The lowest BCUT2D eigenvalue weighted by molar-refractivity contribution is -0.143. The molecule has 1 aromatic rings. The zero-order valence-electron chi connectivity index (χ0n) is 12.9. The minimum atomic E-state index is -4.20. The van der Waals surface area contributed by atoms with E-state index >= 15 is 0 Å². The zero-order chi connectivity index (χ0) is 17.4. The van der Waals surface area contributed by atoms with E-state index in [4.69, 9.17) is 5.11 Å². The molecule has 1 saturated heterocycles. The lowest BCUT2D eigenvalue weighted by Crippen LogP contribution is -2.47. The van der Waals surface area contributed by atoms with Crippen LogP contribution in [0.3, 0.4) is 0 Å². The van der Waals surface area contributed by atoms with Gasteiger partial charge in [-0.1, -0.05) is 18.2 Å². The van der Waals surface area contributed by atoms with Gasteiger partial charge in [-0.15, -0.1) is 0 Å². The molecule has 0 unspecified atom stereocenters. The van der Waals surface area contributed by atoms with Crippen LogP contribution in [0, 0.1) is 5.92 Å². The first-order valence-corrected chi connectivity index (χ1v) is 8.71. The van der Waals surface area contributed by atoms with Crippen molar-refractivity contribution in [2.45, 2.75) is 43.5 Å². The molecule has 2 atom stereocenters. The fourth-order valence-corrected chi connectivity index (χ4v) is 4.78. The monoisotopic (exact) mass is 347 g/mol. The van der Waals surface area contributed by atoms with Crippen molar-refractivity contribution in [1.29, 1.82) is 0 Å². The van der Waals surface area contributed by atoms with E-state index in [9.17, 15) is 22.0 Å². The van der Waals surface area contributed by atoms with Gasteiger partial charge in [0.15, 0.2) is 0 Å². The number of nitrogens with zero attached hydrogens (tertiary/aromatic N) is 1. The number of sulfonamides is 1. The molecule has 1 aromatic carbocycles. The van der Waals surface area contributed by atoms with E-state index in [1.54, 1.807) is 6.92 Å². The average Bonchev–Trinajstić information content (AvgIpc) is 2.46. The van der Waals surface area contributed by atoms with Crippen molar-refractivity contribution in [3.05, 3.63) is 29.8 Å². The number of rotatable bonds is 4. The van der Waals surface area contributed by atoms with Crippen LogP contribution in [0.5, 0.6) is 0 Å². The number of halogens is 2. The van der Waals surface area contributed by atoms with Crippen LogP contribution in [0.4, 0.5) is 8.78 Å². The molecule has 128 valence electrons. The molecule has 2 rings (SSSR count). The standard InChI is InChI=1S/C15H19F2NO4S/c1-10-7-8-11(14(19)20)9-18(10)23(21,22)13-6-4-3-5-12(13)15(2,16)17/h3-6,10-11H,7-9H2,1-2H3,(H,19,20)/t10-,11+/m1/s1. The van der Waals surface area contributed by atoms with E-state index in [-0.39, 0.29) is 6.54 Å². The Balaban J connectivity index is 2.48. The van der Waals surface area contributed by atoms with Crippen molar-refractivity contribution in [3.8, 4) is 0 Å². The number of piperidine rings is 1. The third-order valence-corrected chi connectivity index (χ3v) is 6.16. The Bertz CT molecular complexity index is 700. The summed E-state index contributed by atoms with van der Waals surface area (Å²) in [5, 5.41) is 9.12. The van der Waals surface area contributed by atoms with Crippen molar-refractivity contribution in [3.63, 3.8) is 0 Å². The van der Waals surface area contributed by atoms with Gasteiger partial charge in [0, 0.05) is 25.1 Å². The number of carboxylic acids is 1. The van der Waals surface area contributed by atoms with Crippen molar-refractivity contribution < 1.29 is 27.1 Å². The van der Waals surface area contributed by atoms with Crippen molar-refractivity contribution in [2.24, 2.45) is 5.92 Å². The Morgan fingerprint density at radius 3 is 2.48 bits per heavy atom. The van der Waals surface area contributed by atoms with E-state index in [1.807, 2.05) is 0 Å². The first-order valence-electron chi connectivity index (χ1n) is 7.27. The van der Waals surface area contributed by atoms with Gasteiger partial charge in [-0.3, -0.25) is 4.79 Å². The number of aliphatic carboxylic acids is 1.